The fourth-order valence-electron chi connectivity index (χ4n) is 4.17. The van der Waals surface area contributed by atoms with Crippen LogP contribution in [0.25, 0.3) is 0 Å². The van der Waals surface area contributed by atoms with Crippen LogP contribution in [0, 0.1) is 0 Å². The lowest BCUT2D eigenvalue weighted by molar-refractivity contribution is -0.0647. The molecule has 0 aliphatic carbocycles. The number of allylic oxidation sites excluding steroid dienone is 1. The molecule has 0 radical (unpaired) electrons. The second-order valence-electron chi connectivity index (χ2n) is 8.29. The van der Waals surface area contributed by atoms with E-state index in [4.69, 9.17) is 14.5 Å². The van der Waals surface area contributed by atoms with Crippen LogP contribution < -0.4 is 0 Å². The normalized spacial score (nSPS) is 28.8. The number of ether oxygens (including phenoxy) is 2. The molecule has 3 heterocycles. The van der Waals surface area contributed by atoms with E-state index in [9.17, 15) is 8.78 Å². The van der Waals surface area contributed by atoms with E-state index in [2.05, 4.69) is 51.2 Å². The third-order valence-electron chi connectivity index (χ3n) is 5.88. The van der Waals surface area contributed by atoms with Crippen molar-refractivity contribution in [2.24, 2.45) is 15.0 Å². The first-order valence-corrected chi connectivity index (χ1v) is 11.6. The summed E-state index contributed by atoms with van der Waals surface area (Å²) >= 11 is 4.02. The minimum Gasteiger partial charge on any atom is -0.379 e. The molecule has 0 aromatic heterocycles. The predicted octanol–water partition coefficient (Wildman–Crippen LogP) is 2.34. The Hall–Kier alpha value is -1.56. The summed E-state index contributed by atoms with van der Waals surface area (Å²) in [5.74, 6) is 1.45. The van der Waals surface area contributed by atoms with Crippen LogP contribution in [0.15, 0.2) is 26.9 Å². The average Bonchev–Trinajstić information content (AvgIpc) is 2.75. The summed E-state index contributed by atoms with van der Waals surface area (Å²) < 4.78 is 38.8. The lowest BCUT2D eigenvalue weighted by atomic mass is 10.1. The molecule has 3 aliphatic rings. The van der Waals surface area contributed by atoms with Gasteiger partial charge in [-0.15, -0.1) is 0 Å². The molecule has 0 N–H and O–H groups in total. The number of morpholine rings is 2. The summed E-state index contributed by atoms with van der Waals surface area (Å²) in [6.07, 6.45) is -1.12. The quantitative estimate of drug-likeness (QED) is 0.365. The van der Waals surface area contributed by atoms with E-state index in [1.807, 2.05) is 13.1 Å². The van der Waals surface area contributed by atoms with Gasteiger partial charge in [-0.3, -0.25) is 9.89 Å². The number of halogens is 2. The van der Waals surface area contributed by atoms with Gasteiger partial charge in [0.1, 0.15) is 11.7 Å². The van der Waals surface area contributed by atoms with Crippen molar-refractivity contribution < 1.29 is 18.3 Å². The van der Waals surface area contributed by atoms with Crippen molar-refractivity contribution >= 4 is 29.9 Å². The van der Waals surface area contributed by atoms with E-state index < -0.39 is 6.43 Å². The maximum absolute atomic E-state index is 13.8. The highest BCUT2D eigenvalue weighted by Gasteiger charge is 2.36. The molecule has 2 saturated heterocycles. The number of rotatable bonds is 6. The fourth-order valence-corrected chi connectivity index (χ4v) is 4.37. The Morgan fingerprint density at radius 2 is 1.91 bits per heavy atom. The molecule has 0 unspecified atom stereocenters. The third kappa shape index (κ3) is 6.06. The van der Waals surface area contributed by atoms with Crippen LogP contribution in [0.5, 0.6) is 0 Å². The lowest BCUT2D eigenvalue weighted by Crippen LogP contribution is -2.58. The summed E-state index contributed by atoms with van der Waals surface area (Å²) in [4.78, 5) is 19.6. The van der Waals surface area contributed by atoms with Gasteiger partial charge in [0.15, 0.2) is 6.29 Å². The van der Waals surface area contributed by atoms with E-state index in [1.54, 1.807) is 6.92 Å². The molecule has 0 aromatic carbocycles. The highest BCUT2D eigenvalue weighted by atomic mass is 32.1. The number of aliphatic imine (C=N–C) groups is 3. The molecule has 0 saturated carbocycles. The summed E-state index contributed by atoms with van der Waals surface area (Å²) in [7, 11) is 2.01. The van der Waals surface area contributed by atoms with Gasteiger partial charge < -0.3 is 19.3 Å². The van der Waals surface area contributed by atoms with Gasteiger partial charge in [-0.2, -0.15) is 12.6 Å². The number of nitrogens with zero attached hydrogens (tertiary/aromatic N) is 6. The molecule has 0 amide bonds. The van der Waals surface area contributed by atoms with Gasteiger partial charge in [-0.05, 0) is 20.8 Å². The number of hydrogen-bond donors (Lipinski definition) is 1. The van der Waals surface area contributed by atoms with Crippen LogP contribution in [0.4, 0.5) is 8.78 Å². The molecule has 11 heteroatoms. The molecule has 3 atom stereocenters. The molecular weight excluding hydrogens is 438 g/mol. The largest absolute Gasteiger partial charge is 0.379 e. The minimum absolute atomic E-state index is 0.0393. The average molecular weight is 473 g/mol. The summed E-state index contributed by atoms with van der Waals surface area (Å²) in [5.41, 5.74) is 0.342. The van der Waals surface area contributed by atoms with Gasteiger partial charge in [0.25, 0.3) is 6.43 Å². The molecule has 3 rings (SSSR count). The number of alkyl halides is 2. The molecule has 3 aliphatic heterocycles. The fraction of sp³-hybridized carbons (Fsp3) is 0.762. The predicted molar refractivity (Wildman–Crippen MR) is 126 cm³/mol. The molecule has 0 bridgehead atoms. The Balaban J connectivity index is 1.95. The topological polar surface area (TPSA) is 65.3 Å². The van der Waals surface area contributed by atoms with Crippen LogP contribution in [-0.4, -0.2) is 109 Å². The minimum atomic E-state index is -2.69. The first kappa shape index (κ1) is 25.1. The summed E-state index contributed by atoms with van der Waals surface area (Å²) in [6, 6.07) is 0.336. The maximum Gasteiger partial charge on any atom is 0.277 e. The first-order valence-electron chi connectivity index (χ1n) is 11.0. The SMILES string of the molecule is CC(=NCS)N=C(CC1=N[C@@H](N2CCOC[C@@H]2C)N(C)C(N2CCOC[C@@H]2C)=C1)C(F)F. The van der Waals surface area contributed by atoms with Gasteiger partial charge in [0, 0.05) is 44.4 Å². The van der Waals surface area contributed by atoms with Crippen molar-refractivity contribution in [3.05, 3.63) is 11.9 Å². The molecular formula is C21H34F2N6O2S. The molecule has 32 heavy (non-hydrogen) atoms. The van der Waals surface area contributed by atoms with E-state index in [1.165, 1.54) is 0 Å². The number of amidine groups is 1. The lowest BCUT2D eigenvalue weighted by Gasteiger charge is -2.48. The highest BCUT2D eigenvalue weighted by Crippen LogP contribution is 2.27. The van der Waals surface area contributed by atoms with Crippen LogP contribution in [0.1, 0.15) is 27.2 Å². The van der Waals surface area contributed by atoms with Gasteiger partial charge in [0.05, 0.1) is 44.1 Å². The molecule has 2 fully saturated rings. The van der Waals surface area contributed by atoms with E-state index in [-0.39, 0.29) is 42.2 Å². The van der Waals surface area contributed by atoms with Crippen molar-refractivity contribution in [2.75, 3.05) is 52.4 Å². The first-order chi connectivity index (χ1) is 15.3. The van der Waals surface area contributed by atoms with Crippen molar-refractivity contribution in [1.29, 1.82) is 0 Å². The highest BCUT2D eigenvalue weighted by molar-refractivity contribution is 7.80. The molecule has 0 aromatic rings. The number of thiol groups is 1. The summed E-state index contributed by atoms with van der Waals surface area (Å²) in [6.45, 7) is 9.76. The Morgan fingerprint density at radius 1 is 1.22 bits per heavy atom. The Morgan fingerprint density at radius 3 is 2.53 bits per heavy atom. The van der Waals surface area contributed by atoms with Crippen molar-refractivity contribution in [2.45, 2.75) is 52.0 Å². The second-order valence-corrected chi connectivity index (χ2v) is 8.57. The standard InChI is InChI=1S/C21H34F2N6O2S/c1-14-11-30-7-5-28(14)19-10-17(9-18(20(22)23)25-16(3)24-13-32)26-21(27(19)4)29-6-8-31-12-15(29)2/h10,14-15,20-21,32H,5-9,11-13H2,1-4H3/t14-,15-,21+/m0/s1. The zero-order valence-electron chi connectivity index (χ0n) is 19.2. The molecule has 180 valence electrons. The summed E-state index contributed by atoms with van der Waals surface area (Å²) in [5, 5.41) is 0. The van der Waals surface area contributed by atoms with Gasteiger partial charge in [-0.25, -0.2) is 18.8 Å². The van der Waals surface area contributed by atoms with E-state index >= 15 is 0 Å². The van der Waals surface area contributed by atoms with Crippen molar-refractivity contribution in [1.82, 2.24) is 14.7 Å². The van der Waals surface area contributed by atoms with Crippen LogP contribution in [0.2, 0.25) is 0 Å². The zero-order valence-corrected chi connectivity index (χ0v) is 20.1. The van der Waals surface area contributed by atoms with Crippen molar-refractivity contribution in [3.63, 3.8) is 0 Å². The smallest absolute Gasteiger partial charge is 0.277 e. The monoisotopic (exact) mass is 472 g/mol. The second kappa shape index (κ2) is 11.5. The van der Waals surface area contributed by atoms with Crippen LogP contribution >= 0.6 is 12.6 Å². The van der Waals surface area contributed by atoms with E-state index in [0.717, 1.165) is 18.9 Å². The third-order valence-corrected chi connectivity index (χ3v) is 6.02. The van der Waals surface area contributed by atoms with Crippen LogP contribution in [-0.2, 0) is 9.47 Å². The molecule has 8 nitrogen and oxygen atoms in total. The zero-order chi connectivity index (χ0) is 23.3. The van der Waals surface area contributed by atoms with E-state index in [0.29, 0.717) is 32.1 Å². The van der Waals surface area contributed by atoms with Gasteiger partial charge >= 0.3 is 0 Å². The number of hydrogen-bond acceptors (Lipinski definition) is 8. The van der Waals surface area contributed by atoms with Gasteiger partial charge in [-0.1, -0.05) is 0 Å². The van der Waals surface area contributed by atoms with Crippen LogP contribution in [0.3, 0.4) is 0 Å². The Bertz CT molecular complexity index is 775. The van der Waals surface area contributed by atoms with Gasteiger partial charge in [0.2, 0.25) is 0 Å². The Kier molecular flexibility index (Phi) is 9.04. The maximum atomic E-state index is 13.8. The molecule has 0 spiro atoms. The van der Waals surface area contributed by atoms with Crippen molar-refractivity contribution in [3.8, 4) is 0 Å². The Labute approximate surface area is 194 Å².